The summed E-state index contributed by atoms with van der Waals surface area (Å²) in [4.78, 5) is 0. The van der Waals surface area contributed by atoms with Crippen LogP contribution in [0.3, 0.4) is 0 Å². The minimum atomic E-state index is -0.725. The quantitative estimate of drug-likeness (QED) is 0.598. The van der Waals surface area contributed by atoms with E-state index in [1.54, 1.807) is 0 Å². The first-order valence-electron chi connectivity index (χ1n) is 5.90. The van der Waals surface area contributed by atoms with Gasteiger partial charge in [-0.3, -0.25) is 0 Å². The summed E-state index contributed by atoms with van der Waals surface area (Å²) in [5, 5.41) is 21.2. The molecule has 1 fully saturated rings. The number of nitrogens with one attached hydrogen (secondary N) is 1. The third kappa shape index (κ3) is 4.93. The Kier molecular flexibility index (Phi) is 6.17. The van der Waals surface area contributed by atoms with Gasteiger partial charge in [0.15, 0.2) is 0 Å². The largest absolute Gasteiger partial charge is 0.394 e. The molecule has 3 N–H and O–H groups in total. The Morgan fingerprint density at radius 1 is 1.33 bits per heavy atom. The van der Waals surface area contributed by atoms with E-state index in [4.69, 9.17) is 14.9 Å². The van der Waals surface area contributed by atoms with Gasteiger partial charge in [-0.2, -0.15) is 0 Å². The van der Waals surface area contributed by atoms with Crippen molar-refractivity contribution in [2.24, 2.45) is 0 Å². The van der Waals surface area contributed by atoms with Crippen molar-refractivity contribution in [3.8, 4) is 0 Å². The van der Waals surface area contributed by atoms with Crippen LogP contribution < -0.4 is 5.32 Å². The van der Waals surface area contributed by atoms with Gasteiger partial charge in [0.05, 0.1) is 19.3 Å². The van der Waals surface area contributed by atoms with E-state index in [0.717, 1.165) is 32.2 Å². The Hall–Kier alpha value is -0.160. The monoisotopic (exact) mass is 217 g/mol. The van der Waals surface area contributed by atoms with Gasteiger partial charge in [-0.1, -0.05) is 6.92 Å². The van der Waals surface area contributed by atoms with Crippen LogP contribution in [0.5, 0.6) is 0 Å². The topological polar surface area (TPSA) is 61.7 Å². The zero-order valence-corrected chi connectivity index (χ0v) is 9.48. The van der Waals surface area contributed by atoms with E-state index in [0.29, 0.717) is 6.04 Å². The molecular formula is C11H23NO3. The molecule has 1 aliphatic rings. The van der Waals surface area contributed by atoms with Crippen LogP contribution >= 0.6 is 0 Å². The van der Waals surface area contributed by atoms with Gasteiger partial charge in [-0.15, -0.1) is 0 Å². The highest BCUT2D eigenvalue weighted by molar-refractivity contribution is 4.77. The molecule has 0 aromatic heterocycles. The van der Waals surface area contributed by atoms with Gasteiger partial charge in [0.25, 0.3) is 0 Å². The molecule has 0 spiro atoms. The number of ether oxygens (including phenoxy) is 1. The molecule has 0 heterocycles. The molecule has 0 amide bonds. The second-order valence-corrected chi connectivity index (χ2v) is 4.20. The molecule has 90 valence electrons. The number of hydrogen-bond acceptors (Lipinski definition) is 4. The second kappa shape index (κ2) is 7.17. The molecule has 0 saturated heterocycles. The summed E-state index contributed by atoms with van der Waals surface area (Å²) >= 11 is 0. The fraction of sp³-hybridized carbons (Fsp3) is 1.00. The van der Waals surface area contributed by atoms with Gasteiger partial charge >= 0.3 is 0 Å². The van der Waals surface area contributed by atoms with Crippen molar-refractivity contribution >= 4 is 0 Å². The van der Waals surface area contributed by atoms with Gasteiger partial charge in [-0.25, -0.2) is 0 Å². The van der Waals surface area contributed by atoms with Gasteiger partial charge in [0.1, 0.15) is 6.10 Å². The summed E-state index contributed by atoms with van der Waals surface area (Å²) in [7, 11) is 0. The van der Waals surface area contributed by atoms with E-state index in [2.05, 4.69) is 12.2 Å². The molecule has 4 nitrogen and oxygen atoms in total. The summed E-state index contributed by atoms with van der Waals surface area (Å²) in [5.41, 5.74) is 0. The number of aliphatic hydroxyl groups is 2. The predicted molar refractivity (Wildman–Crippen MR) is 58.8 cm³/mol. The molecule has 1 saturated carbocycles. The van der Waals surface area contributed by atoms with E-state index < -0.39 is 6.10 Å². The van der Waals surface area contributed by atoms with E-state index in [9.17, 15) is 0 Å². The normalized spacial score (nSPS) is 29.0. The van der Waals surface area contributed by atoms with Crippen LogP contribution in [0.2, 0.25) is 0 Å². The van der Waals surface area contributed by atoms with Crippen LogP contribution in [0.25, 0.3) is 0 Å². The second-order valence-electron chi connectivity index (χ2n) is 4.20. The molecule has 0 aromatic rings. The molecule has 1 rings (SSSR count). The Bertz CT molecular complexity index is 158. The molecule has 0 bridgehead atoms. The molecule has 1 aliphatic carbocycles. The van der Waals surface area contributed by atoms with Crippen molar-refractivity contribution in [3.63, 3.8) is 0 Å². The Morgan fingerprint density at radius 3 is 2.53 bits per heavy atom. The van der Waals surface area contributed by atoms with E-state index in [-0.39, 0.29) is 19.3 Å². The molecule has 15 heavy (non-hydrogen) atoms. The number of aliphatic hydroxyl groups excluding tert-OH is 2. The Labute approximate surface area is 91.6 Å². The zero-order valence-electron chi connectivity index (χ0n) is 9.48. The van der Waals surface area contributed by atoms with Crippen molar-refractivity contribution in [2.45, 2.75) is 50.9 Å². The standard InChI is InChI=1S/C11H23NO3/c1-2-12-9-3-5-11(6-4-9)15-8-10(14)7-13/h9-14H,2-8H2,1H3/t9-,10?,11-. The Morgan fingerprint density at radius 2 is 2.00 bits per heavy atom. The first-order valence-corrected chi connectivity index (χ1v) is 5.90. The number of rotatable bonds is 6. The lowest BCUT2D eigenvalue weighted by molar-refractivity contribution is -0.0420. The first-order chi connectivity index (χ1) is 7.26. The maximum atomic E-state index is 9.14. The van der Waals surface area contributed by atoms with Gasteiger partial charge in [0, 0.05) is 6.04 Å². The minimum absolute atomic E-state index is 0.216. The lowest BCUT2D eigenvalue weighted by atomic mass is 9.93. The molecule has 4 heteroatoms. The molecular weight excluding hydrogens is 194 g/mol. The molecule has 0 aromatic carbocycles. The van der Waals surface area contributed by atoms with Gasteiger partial charge < -0.3 is 20.3 Å². The van der Waals surface area contributed by atoms with Crippen LogP contribution in [-0.2, 0) is 4.74 Å². The predicted octanol–water partition coefficient (Wildman–Crippen LogP) is 0.277. The summed E-state index contributed by atoms with van der Waals surface area (Å²) in [6.07, 6.45) is 3.94. The average molecular weight is 217 g/mol. The van der Waals surface area contributed by atoms with Crippen LogP contribution in [0, 0.1) is 0 Å². The first kappa shape index (κ1) is 12.9. The highest BCUT2D eigenvalue weighted by Gasteiger charge is 2.21. The maximum absolute atomic E-state index is 9.14. The van der Waals surface area contributed by atoms with Gasteiger partial charge in [-0.05, 0) is 32.2 Å². The Balaban J connectivity index is 2.09. The lowest BCUT2D eigenvalue weighted by Gasteiger charge is -2.29. The van der Waals surface area contributed by atoms with E-state index in [1.165, 1.54) is 0 Å². The van der Waals surface area contributed by atoms with Gasteiger partial charge in [0.2, 0.25) is 0 Å². The van der Waals surface area contributed by atoms with E-state index in [1.807, 2.05) is 0 Å². The molecule has 0 aliphatic heterocycles. The molecule has 1 atom stereocenters. The van der Waals surface area contributed by atoms with Crippen LogP contribution in [0.15, 0.2) is 0 Å². The lowest BCUT2D eigenvalue weighted by Crippen LogP contribution is -2.36. The highest BCUT2D eigenvalue weighted by Crippen LogP contribution is 2.21. The van der Waals surface area contributed by atoms with Crippen molar-refractivity contribution < 1.29 is 14.9 Å². The van der Waals surface area contributed by atoms with Crippen molar-refractivity contribution in [2.75, 3.05) is 19.8 Å². The van der Waals surface area contributed by atoms with Crippen LogP contribution in [-0.4, -0.2) is 48.2 Å². The third-order valence-electron chi connectivity index (χ3n) is 2.90. The van der Waals surface area contributed by atoms with Crippen molar-refractivity contribution in [1.29, 1.82) is 0 Å². The maximum Gasteiger partial charge on any atom is 0.100 e. The molecule has 1 unspecified atom stereocenters. The number of hydrogen-bond donors (Lipinski definition) is 3. The van der Waals surface area contributed by atoms with Crippen molar-refractivity contribution in [1.82, 2.24) is 5.32 Å². The summed E-state index contributed by atoms with van der Waals surface area (Å²) in [5.74, 6) is 0. The molecule has 0 radical (unpaired) electrons. The third-order valence-corrected chi connectivity index (χ3v) is 2.90. The summed E-state index contributed by atoms with van der Waals surface area (Å²) in [6.45, 7) is 3.19. The highest BCUT2D eigenvalue weighted by atomic mass is 16.5. The average Bonchev–Trinajstić information content (AvgIpc) is 2.28. The fourth-order valence-electron chi connectivity index (χ4n) is 2.02. The summed E-state index contributed by atoms with van der Waals surface area (Å²) < 4.78 is 5.52. The van der Waals surface area contributed by atoms with Crippen LogP contribution in [0.1, 0.15) is 32.6 Å². The smallest absolute Gasteiger partial charge is 0.100 e. The van der Waals surface area contributed by atoms with Crippen LogP contribution in [0.4, 0.5) is 0 Å². The fourth-order valence-corrected chi connectivity index (χ4v) is 2.02. The van der Waals surface area contributed by atoms with E-state index >= 15 is 0 Å². The van der Waals surface area contributed by atoms with Crippen molar-refractivity contribution in [3.05, 3.63) is 0 Å². The SMILES string of the molecule is CCN[C@H]1CC[C@H](OCC(O)CO)CC1. The zero-order chi connectivity index (χ0) is 11.1. The minimum Gasteiger partial charge on any atom is -0.394 e. The summed E-state index contributed by atoms with van der Waals surface area (Å²) in [6, 6.07) is 0.637.